The van der Waals surface area contributed by atoms with Crippen LogP contribution in [0.25, 0.3) is 0 Å². The largest absolute Gasteiger partial charge is 0.507 e. The normalized spacial score (nSPS) is 10.1. The summed E-state index contributed by atoms with van der Waals surface area (Å²) in [6, 6.07) is 10.5. The Balaban J connectivity index is 1.93. The molecule has 2 aromatic rings. The number of phenols is 1. The fourth-order valence-corrected chi connectivity index (χ4v) is 2.01. The maximum absolute atomic E-state index is 11.8. The van der Waals surface area contributed by atoms with Gasteiger partial charge in [0.15, 0.2) is 6.61 Å². The number of esters is 1. The van der Waals surface area contributed by atoms with E-state index in [1.54, 1.807) is 24.3 Å². The van der Waals surface area contributed by atoms with Crippen LogP contribution in [-0.2, 0) is 9.53 Å². The van der Waals surface area contributed by atoms with Gasteiger partial charge in [-0.3, -0.25) is 4.79 Å². The number of hydrogen-bond donors (Lipinski definition) is 2. The molecule has 0 bridgehead atoms. The number of ether oxygens (including phenoxy) is 1. The van der Waals surface area contributed by atoms with E-state index in [2.05, 4.69) is 5.32 Å². The molecule has 0 saturated carbocycles. The average molecular weight is 340 g/mol. The van der Waals surface area contributed by atoms with E-state index in [0.717, 1.165) is 0 Å². The van der Waals surface area contributed by atoms with Crippen molar-refractivity contribution in [1.82, 2.24) is 0 Å². The molecule has 2 N–H and O–H groups in total. The lowest BCUT2D eigenvalue weighted by Crippen LogP contribution is -2.21. The first-order valence-corrected chi connectivity index (χ1v) is 6.92. The molecular formula is C15H11Cl2NO4. The van der Waals surface area contributed by atoms with Gasteiger partial charge >= 0.3 is 5.97 Å². The number of carbonyl (C=O) groups is 2. The van der Waals surface area contributed by atoms with Crippen LogP contribution >= 0.6 is 23.2 Å². The summed E-state index contributed by atoms with van der Waals surface area (Å²) in [6.07, 6.45) is 0. The number of phenolic OH excluding ortho intramolecular Hbond substituents is 1. The lowest BCUT2D eigenvalue weighted by Gasteiger charge is -2.08. The molecule has 0 aliphatic heterocycles. The van der Waals surface area contributed by atoms with Crippen LogP contribution in [0.4, 0.5) is 5.69 Å². The van der Waals surface area contributed by atoms with Crippen molar-refractivity contribution in [2.24, 2.45) is 0 Å². The highest BCUT2D eigenvalue weighted by atomic mass is 35.5. The third-order valence-corrected chi connectivity index (χ3v) is 3.09. The summed E-state index contributed by atoms with van der Waals surface area (Å²) in [7, 11) is 0. The molecule has 7 heteroatoms. The van der Waals surface area contributed by atoms with E-state index in [-0.39, 0.29) is 16.3 Å². The second-order valence-corrected chi connectivity index (χ2v) is 5.17. The van der Waals surface area contributed by atoms with E-state index in [4.69, 9.17) is 27.9 Å². The molecule has 0 aliphatic rings. The van der Waals surface area contributed by atoms with E-state index < -0.39 is 18.5 Å². The van der Waals surface area contributed by atoms with Crippen molar-refractivity contribution in [2.75, 3.05) is 11.9 Å². The minimum absolute atomic E-state index is 0.108. The molecule has 0 radical (unpaired) electrons. The number of amides is 1. The molecule has 0 aromatic heterocycles. The zero-order valence-corrected chi connectivity index (χ0v) is 12.7. The molecule has 1 amide bonds. The van der Waals surface area contributed by atoms with Crippen LogP contribution in [0.5, 0.6) is 5.75 Å². The van der Waals surface area contributed by atoms with Crippen LogP contribution in [0.3, 0.4) is 0 Å². The number of hydrogen-bond acceptors (Lipinski definition) is 4. The van der Waals surface area contributed by atoms with Gasteiger partial charge < -0.3 is 15.2 Å². The first-order chi connectivity index (χ1) is 10.5. The van der Waals surface area contributed by atoms with Crippen LogP contribution in [0.1, 0.15) is 10.4 Å². The zero-order chi connectivity index (χ0) is 16.1. The standard InChI is InChI=1S/C15H11Cl2NO4/c16-9-2-1-3-11(6-9)18-14(20)8-22-15(21)12-7-10(17)4-5-13(12)19/h1-7,19H,8H2,(H,18,20). The molecule has 0 spiro atoms. The highest BCUT2D eigenvalue weighted by Gasteiger charge is 2.15. The first-order valence-electron chi connectivity index (χ1n) is 6.17. The fraction of sp³-hybridized carbons (Fsp3) is 0.0667. The van der Waals surface area contributed by atoms with Crippen molar-refractivity contribution in [3.8, 4) is 5.75 Å². The van der Waals surface area contributed by atoms with Crippen molar-refractivity contribution in [3.05, 3.63) is 58.1 Å². The van der Waals surface area contributed by atoms with E-state index in [1.165, 1.54) is 18.2 Å². The zero-order valence-electron chi connectivity index (χ0n) is 11.2. The molecule has 0 aliphatic carbocycles. The summed E-state index contributed by atoms with van der Waals surface area (Å²) in [6.45, 7) is -0.503. The number of nitrogens with one attached hydrogen (secondary N) is 1. The van der Waals surface area contributed by atoms with Gasteiger partial charge in [0.2, 0.25) is 0 Å². The highest BCUT2D eigenvalue weighted by Crippen LogP contribution is 2.22. The quantitative estimate of drug-likeness (QED) is 0.836. The molecule has 0 fully saturated rings. The Kier molecular flexibility index (Phi) is 5.25. The smallest absolute Gasteiger partial charge is 0.342 e. The Morgan fingerprint density at radius 2 is 1.82 bits per heavy atom. The second-order valence-electron chi connectivity index (χ2n) is 4.30. The number of aromatic hydroxyl groups is 1. The number of rotatable bonds is 4. The Morgan fingerprint density at radius 1 is 1.09 bits per heavy atom. The van der Waals surface area contributed by atoms with Crippen molar-refractivity contribution < 1.29 is 19.4 Å². The molecular weight excluding hydrogens is 329 g/mol. The van der Waals surface area contributed by atoms with Gasteiger partial charge in [-0.1, -0.05) is 29.3 Å². The van der Waals surface area contributed by atoms with Crippen molar-refractivity contribution in [2.45, 2.75) is 0 Å². The van der Waals surface area contributed by atoms with Gasteiger partial charge in [0, 0.05) is 15.7 Å². The molecule has 2 rings (SSSR count). The lowest BCUT2D eigenvalue weighted by atomic mass is 10.2. The Bertz CT molecular complexity index is 718. The van der Waals surface area contributed by atoms with Crippen LogP contribution in [0.2, 0.25) is 10.0 Å². The van der Waals surface area contributed by atoms with Gasteiger partial charge in [-0.2, -0.15) is 0 Å². The molecule has 114 valence electrons. The third kappa shape index (κ3) is 4.38. The molecule has 0 unspecified atom stereocenters. The summed E-state index contributed by atoms with van der Waals surface area (Å²) >= 11 is 11.5. The van der Waals surface area contributed by atoms with E-state index >= 15 is 0 Å². The summed E-state index contributed by atoms with van der Waals surface area (Å²) in [4.78, 5) is 23.5. The Hall–Kier alpha value is -2.24. The van der Waals surface area contributed by atoms with Crippen molar-refractivity contribution >= 4 is 40.8 Å². The predicted octanol–water partition coefficient (Wildman–Crippen LogP) is 3.49. The monoisotopic (exact) mass is 339 g/mol. The molecule has 2 aromatic carbocycles. The summed E-state index contributed by atoms with van der Waals surface area (Å²) in [5, 5.41) is 12.8. The summed E-state index contributed by atoms with van der Waals surface area (Å²) in [5.41, 5.74) is 0.377. The van der Waals surface area contributed by atoms with Crippen molar-refractivity contribution in [3.63, 3.8) is 0 Å². The predicted molar refractivity (Wildman–Crippen MR) is 83.5 cm³/mol. The second kappa shape index (κ2) is 7.15. The summed E-state index contributed by atoms with van der Waals surface area (Å²) < 4.78 is 4.83. The van der Waals surface area contributed by atoms with Gasteiger partial charge in [-0.25, -0.2) is 4.79 Å². The van der Waals surface area contributed by atoms with Crippen LogP contribution in [0.15, 0.2) is 42.5 Å². The highest BCUT2D eigenvalue weighted by molar-refractivity contribution is 6.31. The van der Waals surface area contributed by atoms with Crippen LogP contribution in [0, 0.1) is 0 Å². The van der Waals surface area contributed by atoms with E-state index in [9.17, 15) is 14.7 Å². The van der Waals surface area contributed by atoms with Gasteiger partial charge in [-0.05, 0) is 36.4 Å². The van der Waals surface area contributed by atoms with Crippen molar-refractivity contribution in [1.29, 1.82) is 0 Å². The summed E-state index contributed by atoms with van der Waals surface area (Å²) in [5.74, 6) is -1.65. The number of carbonyl (C=O) groups excluding carboxylic acids is 2. The Morgan fingerprint density at radius 3 is 2.55 bits per heavy atom. The molecule has 22 heavy (non-hydrogen) atoms. The van der Waals surface area contributed by atoms with E-state index in [1.807, 2.05) is 0 Å². The minimum Gasteiger partial charge on any atom is -0.507 e. The fourth-order valence-electron chi connectivity index (χ4n) is 1.64. The van der Waals surface area contributed by atoms with E-state index in [0.29, 0.717) is 10.7 Å². The van der Waals surface area contributed by atoms with Gasteiger partial charge in [0.1, 0.15) is 11.3 Å². The number of halogens is 2. The van der Waals surface area contributed by atoms with Crippen LogP contribution in [-0.4, -0.2) is 23.6 Å². The minimum atomic E-state index is -0.846. The average Bonchev–Trinajstić information content (AvgIpc) is 2.47. The number of anilines is 1. The third-order valence-electron chi connectivity index (χ3n) is 2.62. The molecule has 0 heterocycles. The maximum Gasteiger partial charge on any atom is 0.342 e. The van der Waals surface area contributed by atoms with Gasteiger partial charge in [-0.15, -0.1) is 0 Å². The maximum atomic E-state index is 11.8. The number of benzene rings is 2. The van der Waals surface area contributed by atoms with Gasteiger partial charge in [0.25, 0.3) is 5.91 Å². The Labute approximate surface area is 136 Å². The molecule has 0 atom stereocenters. The molecule has 5 nitrogen and oxygen atoms in total. The SMILES string of the molecule is O=C(COC(=O)c1cc(Cl)ccc1O)Nc1cccc(Cl)c1. The topological polar surface area (TPSA) is 75.6 Å². The first kappa shape index (κ1) is 16.1. The lowest BCUT2D eigenvalue weighted by molar-refractivity contribution is -0.119. The van der Waals surface area contributed by atoms with Gasteiger partial charge in [0.05, 0.1) is 0 Å². The molecule has 0 saturated heterocycles. The van der Waals surface area contributed by atoms with Crippen LogP contribution < -0.4 is 5.32 Å².